The molecule has 2 aromatic rings. The highest BCUT2D eigenvalue weighted by atomic mass is 19.2. The third-order valence-electron chi connectivity index (χ3n) is 5.83. The van der Waals surface area contributed by atoms with Crippen LogP contribution in [0.5, 0.6) is 11.5 Å². The zero-order chi connectivity index (χ0) is 21.7. The molecular weight excluding hydrogens is 396 g/mol. The van der Waals surface area contributed by atoms with Gasteiger partial charge in [-0.3, -0.25) is 0 Å². The Morgan fingerprint density at radius 3 is 2.13 bits per heavy atom. The van der Waals surface area contributed by atoms with Crippen LogP contribution in [0.1, 0.15) is 62.5 Å². The Kier molecular flexibility index (Phi) is 7.62. The van der Waals surface area contributed by atoms with Crippen LogP contribution in [0, 0.1) is 36.1 Å². The first-order chi connectivity index (χ1) is 14.4. The Bertz CT molecular complexity index is 861. The van der Waals surface area contributed by atoms with Crippen LogP contribution < -0.4 is 9.47 Å². The fourth-order valence-corrected chi connectivity index (χ4v) is 3.89. The Balaban J connectivity index is 1.55. The van der Waals surface area contributed by atoms with E-state index in [9.17, 15) is 17.6 Å². The highest BCUT2D eigenvalue weighted by Gasteiger charge is 2.27. The molecule has 0 heterocycles. The van der Waals surface area contributed by atoms with Gasteiger partial charge in [0.15, 0.2) is 23.1 Å². The van der Waals surface area contributed by atoms with E-state index in [0.717, 1.165) is 25.7 Å². The minimum Gasteiger partial charge on any atom is -0.490 e. The van der Waals surface area contributed by atoms with E-state index in [1.165, 1.54) is 25.1 Å². The lowest BCUT2D eigenvalue weighted by atomic mass is 9.79. The molecule has 1 aliphatic carbocycles. The number of hydrogen-bond donors (Lipinski definition) is 0. The van der Waals surface area contributed by atoms with Gasteiger partial charge in [0.1, 0.15) is 0 Å². The van der Waals surface area contributed by atoms with Crippen LogP contribution in [-0.4, -0.2) is 13.2 Å². The van der Waals surface area contributed by atoms with Crippen LogP contribution in [0.25, 0.3) is 0 Å². The van der Waals surface area contributed by atoms with Crippen LogP contribution in [0.2, 0.25) is 0 Å². The van der Waals surface area contributed by atoms with E-state index >= 15 is 0 Å². The minimum atomic E-state index is -0.970. The summed E-state index contributed by atoms with van der Waals surface area (Å²) in [7, 11) is 0. The zero-order valence-electron chi connectivity index (χ0n) is 17.4. The van der Waals surface area contributed by atoms with E-state index in [1.807, 2.05) is 6.92 Å². The van der Waals surface area contributed by atoms with E-state index in [4.69, 9.17) is 9.47 Å². The van der Waals surface area contributed by atoms with Gasteiger partial charge in [-0.2, -0.15) is 8.78 Å². The molecule has 0 unspecified atom stereocenters. The maximum atomic E-state index is 14.6. The first kappa shape index (κ1) is 22.4. The van der Waals surface area contributed by atoms with Gasteiger partial charge in [-0.1, -0.05) is 25.5 Å². The smallest absolute Gasteiger partial charge is 0.200 e. The topological polar surface area (TPSA) is 18.5 Å². The molecule has 0 atom stereocenters. The molecular formula is C24H28F4O2. The molecule has 2 aromatic carbocycles. The normalized spacial score (nSPS) is 19.0. The van der Waals surface area contributed by atoms with Crippen LogP contribution in [0.15, 0.2) is 24.3 Å². The SMILES string of the molecule is CCCCOc1ccc(C2CCC(COc3ccc(C)c(F)c3F)CC2)c(F)c1F. The van der Waals surface area contributed by atoms with Gasteiger partial charge in [-0.25, -0.2) is 8.78 Å². The number of benzene rings is 2. The predicted molar refractivity (Wildman–Crippen MR) is 108 cm³/mol. The summed E-state index contributed by atoms with van der Waals surface area (Å²) in [6.45, 7) is 4.13. The van der Waals surface area contributed by atoms with Crippen LogP contribution in [0.3, 0.4) is 0 Å². The molecule has 0 radical (unpaired) electrons. The summed E-state index contributed by atoms with van der Waals surface area (Å²) < 4.78 is 67.3. The minimum absolute atomic E-state index is 0.0425. The Morgan fingerprint density at radius 1 is 0.800 bits per heavy atom. The lowest BCUT2D eigenvalue weighted by Gasteiger charge is -2.29. The molecule has 30 heavy (non-hydrogen) atoms. The van der Waals surface area contributed by atoms with E-state index in [0.29, 0.717) is 25.0 Å². The van der Waals surface area contributed by atoms with Crippen molar-refractivity contribution in [2.45, 2.75) is 58.3 Å². The fourth-order valence-electron chi connectivity index (χ4n) is 3.89. The van der Waals surface area contributed by atoms with Crippen molar-refractivity contribution in [2.24, 2.45) is 5.92 Å². The van der Waals surface area contributed by atoms with Crippen molar-refractivity contribution in [2.75, 3.05) is 13.2 Å². The molecule has 0 bridgehead atoms. The highest BCUT2D eigenvalue weighted by Crippen LogP contribution is 2.39. The number of unbranched alkanes of at least 4 members (excludes halogenated alkanes) is 1. The van der Waals surface area contributed by atoms with Gasteiger partial charge in [-0.05, 0) is 74.1 Å². The van der Waals surface area contributed by atoms with Gasteiger partial charge in [0, 0.05) is 0 Å². The summed E-state index contributed by atoms with van der Waals surface area (Å²) in [5.41, 5.74) is 0.609. The Labute approximate surface area is 175 Å². The van der Waals surface area contributed by atoms with Crippen LogP contribution in [-0.2, 0) is 0 Å². The first-order valence-corrected chi connectivity index (χ1v) is 10.6. The van der Waals surface area contributed by atoms with Crippen molar-refractivity contribution in [1.29, 1.82) is 0 Å². The maximum absolute atomic E-state index is 14.6. The molecule has 3 rings (SSSR count). The zero-order valence-corrected chi connectivity index (χ0v) is 17.4. The molecule has 164 valence electrons. The summed E-state index contributed by atoms with van der Waals surface area (Å²) in [5, 5.41) is 0. The van der Waals surface area contributed by atoms with Gasteiger partial charge in [0.25, 0.3) is 0 Å². The standard InChI is InChI=1S/C24H28F4O2/c1-3-4-13-29-19-12-10-18(22(26)24(19)28)17-8-6-16(7-9-17)14-30-20-11-5-15(2)21(25)23(20)27/h5,10-12,16-17H,3-4,6-9,13-14H2,1-2H3. The van der Waals surface area contributed by atoms with Crippen molar-refractivity contribution in [3.8, 4) is 11.5 Å². The molecule has 0 aliphatic heterocycles. The fraction of sp³-hybridized carbons (Fsp3) is 0.500. The maximum Gasteiger partial charge on any atom is 0.200 e. The monoisotopic (exact) mass is 424 g/mol. The van der Waals surface area contributed by atoms with E-state index in [-0.39, 0.29) is 35.5 Å². The number of aryl methyl sites for hydroxylation is 1. The lowest BCUT2D eigenvalue weighted by Crippen LogP contribution is -2.20. The molecule has 1 saturated carbocycles. The van der Waals surface area contributed by atoms with E-state index in [1.54, 1.807) is 6.07 Å². The van der Waals surface area contributed by atoms with Gasteiger partial charge in [-0.15, -0.1) is 0 Å². The molecule has 6 heteroatoms. The largest absolute Gasteiger partial charge is 0.490 e. The molecule has 1 fully saturated rings. The second kappa shape index (κ2) is 10.2. The molecule has 0 aromatic heterocycles. The molecule has 0 amide bonds. The summed E-state index contributed by atoms with van der Waals surface area (Å²) in [4.78, 5) is 0. The van der Waals surface area contributed by atoms with Crippen LogP contribution in [0.4, 0.5) is 17.6 Å². The van der Waals surface area contributed by atoms with Crippen molar-refractivity contribution >= 4 is 0 Å². The van der Waals surface area contributed by atoms with E-state index < -0.39 is 23.3 Å². The van der Waals surface area contributed by atoms with Crippen LogP contribution >= 0.6 is 0 Å². The van der Waals surface area contributed by atoms with Gasteiger partial charge in [0.05, 0.1) is 13.2 Å². The third-order valence-corrected chi connectivity index (χ3v) is 5.83. The van der Waals surface area contributed by atoms with Crippen molar-refractivity contribution in [1.82, 2.24) is 0 Å². The van der Waals surface area contributed by atoms with Gasteiger partial charge >= 0.3 is 0 Å². The Morgan fingerprint density at radius 2 is 1.43 bits per heavy atom. The first-order valence-electron chi connectivity index (χ1n) is 10.6. The summed E-state index contributed by atoms with van der Waals surface area (Å²) in [5.74, 6) is -3.67. The Hall–Kier alpha value is -2.24. The number of rotatable bonds is 8. The molecule has 0 spiro atoms. The quantitative estimate of drug-likeness (QED) is 0.333. The van der Waals surface area contributed by atoms with Crippen molar-refractivity contribution in [3.05, 3.63) is 58.7 Å². The van der Waals surface area contributed by atoms with Crippen molar-refractivity contribution in [3.63, 3.8) is 0 Å². The van der Waals surface area contributed by atoms with Gasteiger partial charge in [0.2, 0.25) is 11.6 Å². The predicted octanol–water partition coefficient (Wildman–Crippen LogP) is 7.08. The third kappa shape index (κ3) is 5.08. The second-order valence-electron chi connectivity index (χ2n) is 8.02. The van der Waals surface area contributed by atoms with Gasteiger partial charge < -0.3 is 9.47 Å². The lowest BCUT2D eigenvalue weighted by molar-refractivity contribution is 0.191. The number of halogens is 4. The summed E-state index contributed by atoms with van der Waals surface area (Å²) in [6, 6.07) is 6.04. The average Bonchev–Trinajstić information content (AvgIpc) is 2.75. The average molecular weight is 424 g/mol. The second-order valence-corrected chi connectivity index (χ2v) is 8.02. The molecule has 1 aliphatic rings. The van der Waals surface area contributed by atoms with E-state index in [2.05, 4.69) is 0 Å². The molecule has 0 N–H and O–H groups in total. The van der Waals surface area contributed by atoms with Crippen molar-refractivity contribution < 1.29 is 27.0 Å². The number of ether oxygens (including phenoxy) is 2. The highest BCUT2D eigenvalue weighted by molar-refractivity contribution is 5.33. The summed E-state index contributed by atoms with van der Waals surface area (Å²) in [6.07, 6.45) is 4.57. The summed E-state index contributed by atoms with van der Waals surface area (Å²) >= 11 is 0. The number of hydrogen-bond acceptors (Lipinski definition) is 2. The molecule has 2 nitrogen and oxygen atoms in total. The molecule has 0 saturated heterocycles.